The van der Waals surface area contributed by atoms with Gasteiger partial charge < -0.3 is 0 Å². The number of nitrogens with zero attached hydrogens (tertiary/aromatic N) is 1. The smallest absolute Gasteiger partial charge is 0.0898 e. The Hall–Kier alpha value is -5.27. The zero-order valence-electron chi connectivity index (χ0n) is 24.4. The molecule has 1 spiro atoms. The Balaban J connectivity index is 1.51. The summed E-state index contributed by atoms with van der Waals surface area (Å²) < 4.78 is 0. The van der Waals surface area contributed by atoms with Gasteiger partial charge in [-0.05, 0) is 74.7 Å². The van der Waals surface area contributed by atoms with Crippen LogP contribution in [0.3, 0.4) is 0 Å². The van der Waals surface area contributed by atoms with Crippen LogP contribution in [0.1, 0.15) is 45.9 Å². The fraction of sp³-hybridized carbons (Fsp3) is 0.0714. The van der Waals surface area contributed by atoms with Crippen molar-refractivity contribution in [2.45, 2.75) is 19.3 Å². The van der Waals surface area contributed by atoms with Gasteiger partial charge in [0, 0.05) is 11.3 Å². The van der Waals surface area contributed by atoms with Crippen molar-refractivity contribution in [1.29, 1.82) is 0 Å². The van der Waals surface area contributed by atoms with Crippen molar-refractivity contribution in [2.24, 2.45) is 4.99 Å². The number of allylic oxidation sites excluding steroid dienone is 3. The Morgan fingerprint density at radius 2 is 1.12 bits per heavy atom. The molecular formula is C42H31N. The molecule has 0 aliphatic heterocycles. The molecule has 0 atom stereocenters. The fourth-order valence-corrected chi connectivity index (χ4v) is 7.35. The van der Waals surface area contributed by atoms with Crippen LogP contribution in [0.2, 0.25) is 0 Å². The summed E-state index contributed by atoms with van der Waals surface area (Å²) in [5.74, 6) is 0. The summed E-state index contributed by atoms with van der Waals surface area (Å²) in [6.45, 7) is 9.10. The molecule has 43 heavy (non-hydrogen) atoms. The molecule has 6 aromatic rings. The van der Waals surface area contributed by atoms with Crippen LogP contribution in [0.15, 0.2) is 157 Å². The molecule has 204 valence electrons. The Kier molecular flexibility index (Phi) is 5.71. The molecule has 8 rings (SSSR count). The number of aryl methyl sites for hydroxylation is 1. The van der Waals surface area contributed by atoms with Gasteiger partial charge in [-0.1, -0.05) is 152 Å². The van der Waals surface area contributed by atoms with Crippen molar-refractivity contribution >= 4 is 27.6 Å². The maximum atomic E-state index is 5.67. The quantitative estimate of drug-likeness (QED) is 0.194. The highest BCUT2D eigenvalue weighted by molar-refractivity contribution is 6.15. The molecular weight excluding hydrogens is 518 g/mol. The maximum absolute atomic E-state index is 5.67. The number of hydrogen-bond acceptors (Lipinski definition) is 1. The molecule has 2 aliphatic carbocycles. The van der Waals surface area contributed by atoms with E-state index in [1.54, 1.807) is 0 Å². The molecule has 0 aromatic heterocycles. The maximum Gasteiger partial charge on any atom is 0.0898 e. The lowest BCUT2D eigenvalue weighted by molar-refractivity contribution is 0.756. The molecule has 6 aromatic carbocycles. The van der Waals surface area contributed by atoms with E-state index in [1.807, 2.05) is 0 Å². The van der Waals surface area contributed by atoms with Crippen LogP contribution in [0, 0.1) is 6.92 Å². The van der Waals surface area contributed by atoms with Gasteiger partial charge in [0.1, 0.15) is 0 Å². The zero-order valence-corrected chi connectivity index (χ0v) is 24.4. The van der Waals surface area contributed by atoms with Crippen molar-refractivity contribution in [1.82, 2.24) is 0 Å². The van der Waals surface area contributed by atoms with E-state index in [-0.39, 0.29) is 0 Å². The molecule has 0 fully saturated rings. The second-order valence-electron chi connectivity index (χ2n) is 11.7. The lowest BCUT2D eigenvalue weighted by atomic mass is 9.72. The Morgan fingerprint density at radius 1 is 0.581 bits per heavy atom. The summed E-state index contributed by atoms with van der Waals surface area (Å²) in [4.78, 5) is 5.67. The largest absolute Gasteiger partial charge is 0.255 e. The summed E-state index contributed by atoms with van der Waals surface area (Å²) in [5, 5.41) is 2.41. The van der Waals surface area contributed by atoms with Gasteiger partial charge in [0.05, 0.1) is 11.1 Å². The minimum atomic E-state index is -0.557. The third-order valence-corrected chi connectivity index (χ3v) is 9.31. The van der Waals surface area contributed by atoms with Crippen LogP contribution in [-0.2, 0) is 5.41 Å². The van der Waals surface area contributed by atoms with Crippen molar-refractivity contribution < 1.29 is 0 Å². The number of rotatable bonds is 4. The van der Waals surface area contributed by atoms with Crippen LogP contribution in [0.4, 0.5) is 0 Å². The van der Waals surface area contributed by atoms with Crippen molar-refractivity contribution in [3.8, 4) is 11.1 Å². The second kappa shape index (κ2) is 9.64. The second-order valence-corrected chi connectivity index (χ2v) is 11.7. The first kappa shape index (κ1) is 25.4. The molecule has 0 amide bonds. The first-order valence-corrected chi connectivity index (χ1v) is 14.9. The molecule has 0 saturated heterocycles. The third-order valence-electron chi connectivity index (χ3n) is 9.31. The Morgan fingerprint density at radius 3 is 1.79 bits per heavy atom. The molecule has 2 aliphatic rings. The molecule has 1 heteroatoms. The lowest BCUT2D eigenvalue weighted by Gasteiger charge is -2.31. The van der Waals surface area contributed by atoms with Crippen LogP contribution < -0.4 is 0 Å². The summed E-state index contributed by atoms with van der Waals surface area (Å²) in [7, 11) is 0. The van der Waals surface area contributed by atoms with Crippen molar-refractivity contribution in [2.75, 3.05) is 0 Å². The van der Waals surface area contributed by atoms with Gasteiger partial charge in [0.25, 0.3) is 0 Å². The molecule has 0 radical (unpaired) electrons. The molecule has 0 unspecified atom stereocenters. The van der Waals surface area contributed by atoms with E-state index in [4.69, 9.17) is 11.6 Å². The summed E-state index contributed by atoms with van der Waals surface area (Å²) >= 11 is 0. The standard InChI is InChI=1S/C42H31N/c1-27-23-25-30(26-24-27)29(3)43-41-40(28(2)32-19-12-14-31-13-4-5-15-33(31)32)36-18-8-11-22-39(36)42(41)37-20-9-6-16-34(37)35-17-7-10-21-38(35)42/h4-26H,2H2,1,3H3. The number of fused-ring (bicyclic) bond motifs is 8. The minimum absolute atomic E-state index is 0.557. The highest BCUT2D eigenvalue weighted by atomic mass is 14.8. The van der Waals surface area contributed by atoms with E-state index in [9.17, 15) is 0 Å². The van der Waals surface area contributed by atoms with Crippen LogP contribution in [0.25, 0.3) is 33.0 Å². The average Bonchev–Trinajstić information content (AvgIpc) is 3.51. The summed E-state index contributed by atoms with van der Waals surface area (Å²) in [6.07, 6.45) is 0. The van der Waals surface area contributed by atoms with E-state index in [2.05, 4.69) is 153 Å². The first-order valence-electron chi connectivity index (χ1n) is 14.9. The van der Waals surface area contributed by atoms with Gasteiger partial charge in [0.2, 0.25) is 0 Å². The Bertz CT molecular complexity index is 2110. The fourth-order valence-electron chi connectivity index (χ4n) is 7.35. The van der Waals surface area contributed by atoms with Crippen LogP contribution in [-0.4, -0.2) is 5.71 Å². The first-order chi connectivity index (χ1) is 21.1. The van der Waals surface area contributed by atoms with Gasteiger partial charge in [-0.15, -0.1) is 0 Å². The van der Waals surface area contributed by atoms with Gasteiger partial charge in [-0.25, -0.2) is 0 Å². The molecule has 0 N–H and O–H groups in total. The molecule has 0 heterocycles. The molecule has 0 bridgehead atoms. The highest BCUT2D eigenvalue weighted by Gasteiger charge is 2.53. The molecule has 0 saturated carbocycles. The minimum Gasteiger partial charge on any atom is -0.255 e. The number of benzene rings is 6. The normalized spacial score (nSPS) is 14.6. The van der Waals surface area contributed by atoms with Crippen molar-refractivity contribution in [3.63, 3.8) is 0 Å². The van der Waals surface area contributed by atoms with Gasteiger partial charge in [-0.3, -0.25) is 4.99 Å². The van der Waals surface area contributed by atoms with Gasteiger partial charge in [-0.2, -0.15) is 0 Å². The monoisotopic (exact) mass is 549 g/mol. The lowest BCUT2D eigenvalue weighted by Crippen LogP contribution is -2.27. The van der Waals surface area contributed by atoms with E-state index >= 15 is 0 Å². The van der Waals surface area contributed by atoms with E-state index < -0.39 is 5.41 Å². The third kappa shape index (κ3) is 3.61. The predicted octanol–water partition coefficient (Wildman–Crippen LogP) is 10.4. The van der Waals surface area contributed by atoms with Gasteiger partial charge in [0.15, 0.2) is 0 Å². The number of aliphatic imine (C=N–C) groups is 1. The number of hydrogen-bond donors (Lipinski definition) is 0. The van der Waals surface area contributed by atoms with Crippen molar-refractivity contribution in [3.05, 3.63) is 191 Å². The van der Waals surface area contributed by atoms with E-state index in [0.29, 0.717) is 0 Å². The van der Waals surface area contributed by atoms with E-state index in [1.165, 1.54) is 49.7 Å². The highest BCUT2D eigenvalue weighted by Crippen LogP contribution is 2.63. The van der Waals surface area contributed by atoms with Crippen LogP contribution in [0.5, 0.6) is 0 Å². The summed E-state index contributed by atoms with van der Waals surface area (Å²) in [6, 6.07) is 50.4. The Labute approximate surface area is 253 Å². The molecule has 1 nitrogen and oxygen atoms in total. The SMILES string of the molecule is C=C(C1=C(N=C(C)c2ccc(C)cc2)C2(c3ccccc31)c1ccccc1-c1ccccc12)c1cccc2ccccc12. The topological polar surface area (TPSA) is 12.4 Å². The predicted molar refractivity (Wildman–Crippen MR) is 181 cm³/mol. The van der Waals surface area contributed by atoms with Crippen LogP contribution >= 0.6 is 0 Å². The average molecular weight is 550 g/mol. The summed E-state index contributed by atoms with van der Waals surface area (Å²) in [5.41, 5.74) is 14.7. The van der Waals surface area contributed by atoms with E-state index in [0.717, 1.165) is 33.7 Å². The zero-order chi connectivity index (χ0) is 29.1. The van der Waals surface area contributed by atoms with Gasteiger partial charge >= 0.3 is 0 Å².